The highest BCUT2D eigenvalue weighted by atomic mass is 16.6. The van der Waals surface area contributed by atoms with Gasteiger partial charge in [0, 0.05) is 19.1 Å². The summed E-state index contributed by atoms with van der Waals surface area (Å²) in [4.78, 5) is 26.3. The lowest BCUT2D eigenvalue weighted by Gasteiger charge is -2.23. The van der Waals surface area contributed by atoms with E-state index in [2.05, 4.69) is 22.4 Å². The minimum Gasteiger partial charge on any atom is -0.462 e. The summed E-state index contributed by atoms with van der Waals surface area (Å²) in [7, 11) is 0. The lowest BCUT2D eigenvalue weighted by Crippen LogP contribution is -2.38. The van der Waals surface area contributed by atoms with Gasteiger partial charge in [-0.1, -0.05) is 24.3 Å². The molecule has 0 fully saturated rings. The van der Waals surface area contributed by atoms with Crippen molar-refractivity contribution in [2.75, 3.05) is 24.6 Å². The van der Waals surface area contributed by atoms with Gasteiger partial charge in [-0.15, -0.1) is 0 Å². The molecule has 1 aliphatic rings. The van der Waals surface area contributed by atoms with Gasteiger partial charge in [0.1, 0.15) is 11.7 Å². The van der Waals surface area contributed by atoms with Gasteiger partial charge in [0.2, 0.25) is 0 Å². The molecule has 0 radical (unpaired) electrons. The third-order valence-corrected chi connectivity index (χ3v) is 5.46. The van der Waals surface area contributed by atoms with E-state index in [4.69, 9.17) is 9.47 Å². The number of hydrogen-bond donors (Lipinski definition) is 1. The minimum absolute atomic E-state index is 0.128. The van der Waals surface area contributed by atoms with Crippen LogP contribution in [0.15, 0.2) is 42.5 Å². The predicted molar refractivity (Wildman–Crippen MR) is 131 cm³/mol. The number of benzene rings is 2. The smallest absolute Gasteiger partial charge is 0.407 e. The van der Waals surface area contributed by atoms with Crippen molar-refractivity contribution in [3.05, 3.63) is 64.7 Å². The molecule has 7 nitrogen and oxygen atoms in total. The number of rotatable bonds is 8. The highest BCUT2D eigenvalue weighted by Crippen LogP contribution is 2.33. The zero-order valence-electron chi connectivity index (χ0n) is 20.4. The highest BCUT2D eigenvalue weighted by Gasteiger charge is 2.24. The molecular formula is C27H33N3O4. The number of fused-ring (bicyclic) bond motifs is 1. The van der Waals surface area contributed by atoms with E-state index in [1.54, 1.807) is 12.1 Å². The number of carbonyl (C=O) groups is 2. The maximum Gasteiger partial charge on any atom is 0.407 e. The summed E-state index contributed by atoms with van der Waals surface area (Å²) >= 11 is 0. The lowest BCUT2D eigenvalue weighted by molar-refractivity contribution is 0.0494. The molecule has 0 spiro atoms. The number of alkyl carbamates (subject to hydrolysis) is 1. The van der Waals surface area contributed by atoms with Crippen LogP contribution in [0, 0.1) is 11.3 Å². The second-order valence-electron chi connectivity index (χ2n) is 9.61. The Bertz CT molecular complexity index is 1050. The second-order valence-corrected chi connectivity index (χ2v) is 9.61. The van der Waals surface area contributed by atoms with Crippen molar-refractivity contribution in [2.45, 2.75) is 58.6 Å². The van der Waals surface area contributed by atoms with Crippen LogP contribution in [0.3, 0.4) is 0 Å². The van der Waals surface area contributed by atoms with Crippen molar-refractivity contribution in [1.82, 2.24) is 5.32 Å². The van der Waals surface area contributed by atoms with Crippen molar-refractivity contribution < 1.29 is 19.1 Å². The number of hydrogen-bond acceptors (Lipinski definition) is 6. The van der Waals surface area contributed by atoms with Gasteiger partial charge >= 0.3 is 12.1 Å². The summed E-state index contributed by atoms with van der Waals surface area (Å²) < 4.78 is 10.7. The number of nitrogens with one attached hydrogen (secondary N) is 1. The second kappa shape index (κ2) is 11.1. The Morgan fingerprint density at radius 3 is 2.62 bits per heavy atom. The molecule has 0 saturated heterocycles. The molecule has 0 aliphatic carbocycles. The molecule has 1 aliphatic heterocycles. The fourth-order valence-corrected chi connectivity index (χ4v) is 4.11. The van der Waals surface area contributed by atoms with E-state index in [1.807, 2.05) is 52.0 Å². The molecule has 180 valence electrons. The van der Waals surface area contributed by atoms with Crippen molar-refractivity contribution in [3.8, 4) is 6.07 Å². The monoisotopic (exact) mass is 463 g/mol. The molecule has 3 rings (SSSR count). The van der Waals surface area contributed by atoms with Gasteiger partial charge in [-0.3, -0.25) is 0 Å². The molecule has 1 amide bonds. The molecule has 1 atom stereocenters. The SMILES string of the molecule is CC(Cc1cc(C#N)c2c(c1)CCN2CCCOC(=O)c1ccccc1)NC(=O)OC(C)(C)C. The molecule has 0 aromatic heterocycles. The van der Waals surface area contributed by atoms with Gasteiger partial charge in [0.05, 0.1) is 23.4 Å². The van der Waals surface area contributed by atoms with Crippen LogP contribution in [0.2, 0.25) is 0 Å². The first-order chi connectivity index (χ1) is 16.2. The van der Waals surface area contributed by atoms with Crippen LogP contribution in [0.5, 0.6) is 0 Å². The Morgan fingerprint density at radius 2 is 1.94 bits per heavy atom. The van der Waals surface area contributed by atoms with E-state index in [0.29, 0.717) is 37.1 Å². The molecule has 2 aromatic rings. The number of carbonyl (C=O) groups excluding carboxylic acids is 2. The summed E-state index contributed by atoms with van der Waals surface area (Å²) in [6, 6.07) is 15.2. The predicted octanol–water partition coefficient (Wildman–Crippen LogP) is 4.62. The maximum absolute atomic E-state index is 12.1. The van der Waals surface area contributed by atoms with E-state index in [0.717, 1.165) is 29.8 Å². The standard InChI is InChI=1S/C27H33N3O4/c1-19(29-26(32)34-27(2,3)4)15-20-16-22-11-13-30(24(22)23(17-20)18-28)12-8-14-33-25(31)21-9-6-5-7-10-21/h5-7,9-10,16-17,19H,8,11-15H2,1-4H3,(H,29,32). The first-order valence-electron chi connectivity index (χ1n) is 11.7. The third-order valence-electron chi connectivity index (χ3n) is 5.46. The molecule has 1 N–H and O–H groups in total. The summed E-state index contributed by atoms with van der Waals surface area (Å²) in [5.74, 6) is -0.320. The van der Waals surface area contributed by atoms with Crippen molar-refractivity contribution >= 4 is 17.7 Å². The average Bonchev–Trinajstić information content (AvgIpc) is 3.18. The molecule has 34 heavy (non-hydrogen) atoms. The zero-order valence-corrected chi connectivity index (χ0v) is 20.4. The lowest BCUT2D eigenvalue weighted by atomic mass is 9.99. The maximum atomic E-state index is 12.1. The van der Waals surface area contributed by atoms with E-state index >= 15 is 0 Å². The largest absolute Gasteiger partial charge is 0.462 e. The molecule has 1 heterocycles. The summed E-state index contributed by atoms with van der Waals surface area (Å²) in [5, 5.41) is 12.6. The van der Waals surface area contributed by atoms with Crippen molar-refractivity contribution in [2.24, 2.45) is 0 Å². The van der Waals surface area contributed by atoms with Crippen molar-refractivity contribution in [3.63, 3.8) is 0 Å². The van der Waals surface area contributed by atoms with Gasteiger partial charge < -0.3 is 19.7 Å². The number of amides is 1. The van der Waals surface area contributed by atoms with Crippen LogP contribution in [0.1, 0.15) is 61.2 Å². The van der Waals surface area contributed by atoms with Gasteiger partial charge in [-0.05, 0) is 76.3 Å². The average molecular weight is 464 g/mol. The van der Waals surface area contributed by atoms with Gasteiger partial charge in [-0.25, -0.2) is 9.59 Å². The molecular weight excluding hydrogens is 430 g/mol. The van der Waals surface area contributed by atoms with Crippen molar-refractivity contribution in [1.29, 1.82) is 5.26 Å². The first kappa shape index (κ1) is 25.1. The fourth-order valence-electron chi connectivity index (χ4n) is 4.11. The van der Waals surface area contributed by atoms with Crippen LogP contribution < -0.4 is 10.2 Å². The molecule has 0 bridgehead atoms. The Balaban J connectivity index is 1.56. The molecule has 0 saturated carbocycles. The normalized spacial score (nSPS) is 13.6. The van der Waals surface area contributed by atoms with E-state index in [-0.39, 0.29) is 12.0 Å². The third kappa shape index (κ3) is 6.98. The number of nitriles is 1. The number of esters is 1. The van der Waals surface area contributed by atoms with E-state index < -0.39 is 11.7 Å². The van der Waals surface area contributed by atoms with E-state index in [9.17, 15) is 14.9 Å². The molecule has 1 unspecified atom stereocenters. The van der Waals surface area contributed by atoms with Crippen LogP contribution in [0.25, 0.3) is 0 Å². The van der Waals surface area contributed by atoms with Gasteiger partial charge in [0.15, 0.2) is 0 Å². The van der Waals surface area contributed by atoms with Crippen LogP contribution >= 0.6 is 0 Å². The minimum atomic E-state index is -0.547. The highest BCUT2D eigenvalue weighted by molar-refractivity contribution is 5.89. The van der Waals surface area contributed by atoms with Gasteiger partial charge in [-0.2, -0.15) is 5.26 Å². The summed E-state index contributed by atoms with van der Waals surface area (Å²) in [6.07, 6.45) is 1.70. The Morgan fingerprint density at radius 1 is 1.21 bits per heavy atom. The summed E-state index contributed by atoms with van der Waals surface area (Å²) in [6.45, 7) is 9.27. The Hall–Kier alpha value is -3.53. The quantitative estimate of drug-likeness (QED) is 0.454. The van der Waals surface area contributed by atoms with E-state index in [1.165, 1.54) is 0 Å². The van der Waals surface area contributed by atoms with Crippen LogP contribution in [0.4, 0.5) is 10.5 Å². The number of ether oxygens (including phenoxy) is 2. The summed E-state index contributed by atoms with van der Waals surface area (Å²) in [5.41, 5.74) is 3.75. The van der Waals surface area contributed by atoms with Crippen LogP contribution in [-0.4, -0.2) is 43.4 Å². The van der Waals surface area contributed by atoms with Crippen LogP contribution in [-0.2, 0) is 22.3 Å². The first-order valence-corrected chi connectivity index (χ1v) is 11.7. The molecule has 2 aromatic carbocycles. The van der Waals surface area contributed by atoms with Gasteiger partial charge in [0.25, 0.3) is 0 Å². The topological polar surface area (TPSA) is 91.7 Å². The fraction of sp³-hybridized carbons (Fsp3) is 0.444. The number of nitrogens with zero attached hydrogens (tertiary/aromatic N) is 2. The zero-order chi connectivity index (χ0) is 24.7. The number of anilines is 1. The Kier molecular flexibility index (Phi) is 8.17. The Labute approximate surface area is 201 Å². The molecule has 7 heteroatoms.